The first kappa shape index (κ1) is 8.14. The summed E-state index contributed by atoms with van der Waals surface area (Å²) in [5.74, 6) is 0. The molecule has 0 atom stereocenters. The van der Waals surface area contributed by atoms with Crippen LogP contribution in [0.3, 0.4) is 0 Å². The zero-order valence-electron chi connectivity index (χ0n) is 6.20. The molecule has 0 saturated heterocycles. The highest BCUT2D eigenvalue weighted by molar-refractivity contribution is 8.13. The van der Waals surface area contributed by atoms with E-state index in [9.17, 15) is 0 Å². The Morgan fingerprint density at radius 3 is 2.55 bits per heavy atom. The molecular weight excluding hydrogens is 158 g/mol. The van der Waals surface area contributed by atoms with Crippen LogP contribution in [-0.4, -0.2) is 12.3 Å². The monoisotopic (exact) mass is 167 g/mol. The Kier molecular flexibility index (Phi) is 2.98. The van der Waals surface area contributed by atoms with Crippen LogP contribution in [0.1, 0.15) is 0 Å². The first-order chi connectivity index (χ1) is 5.33. The van der Waals surface area contributed by atoms with Gasteiger partial charge in [0.25, 0.3) is 0 Å². The molecule has 0 aliphatic carbocycles. The van der Waals surface area contributed by atoms with Crippen molar-refractivity contribution >= 4 is 17.0 Å². The van der Waals surface area contributed by atoms with E-state index < -0.39 is 0 Å². The van der Waals surface area contributed by atoms with Crippen LogP contribution in [0.15, 0.2) is 35.2 Å². The molecule has 0 saturated carbocycles. The van der Waals surface area contributed by atoms with E-state index in [4.69, 9.17) is 10.1 Å². The molecule has 1 rings (SSSR count). The average molecular weight is 167 g/mol. The van der Waals surface area contributed by atoms with Crippen molar-refractivity contribution in [1.82, 2.24) is 0 Å². The topological polar surface area (TPSA) is 33.1 Å². The second-order valence-electron chi connectivity index (χ2n) is 1.91. The third-order valence-corrected chi connectivity index (χ3v) is 2.00. The van der Waals surface area contributed by atoms with E-state index >= 15 is 0 Å². The zero-order valence-corrected chi connectivity index (χ0v) is 7.02. The van der Waals surface area contributed by atoms with Crippen molar-refractivity contribution in [2.24, 2.45) is 0 Å². The molecule has 0 spiro atoms. The minimum absolute atomic E-state index is 0.219. The molecule has 0 heterocycles. The Morgan fingerprint density at radius 1 is 1.36 bits per heavy atom. The Bertz CT molecular complexity index is 235. The predicted molar refractivity (Wildman–Crippen MR) is 47.0 cm³/mol. The van der Waals surface area contributed by atoms with Crippen LogP contribution in [0.5, 0.6) is 0 Å². The van der Waals surface area contributed by atoms with Gasteiger partial charge in [-0.2, -0.15) is 0 Å². The number of thioether (sulfide) groups is 1. The van der Waals surface area contributed by atoms with Gasteiger partial charge in [0.15, 0.2) is 0 Å². The van der Waals surface area contributed by atoms with Crippen molar-refractivity contribution in [1.29, 1.82) is 5.41 Å². The molecular formula is C8H9NOS. The van der Waals surface area contributed by atoms with Crippen LogP contribution in [0.4, 0.5) is 0 Å². The number of ether oxygens (including phenoxy) is 1. The molecule has 0 radical (unpaired) electrons. The number of hydrogen-bond acceptors (Lipinski definition) is 3. The van der Waals surface area contributed by atoms with E-state index in [1.807, 2.05) is 30.3 Å². The molecule has 0 aromatic heterocycles. The van der Waals surface area contributed by atoms with Crippen LogP contribution >= 0.6 is 11.8 Å². The second kappa shape index (κ2) is 4.03. The summed E-state index contributed by atoms with van der Waals surface area (Å²) in [6.45, 7) is 0. The van der Waals surface area contributed by atoms with E-state index in [2.05, 4.69) is 0 Å². The first-order valence-corrected chi connectivity index (χ1v) is 4.00. The largest absolute Gasteiger partial charge is 0.476 e. The molecule has 0 bridgehead atoms. The summed E-state index contributed by atoms with van der Waals surface area (Å²) in [5.41, 5.74) is 0. The molecule has 0 aliphatic rings. The van der Waals surface area contributed by atoms with Crippen molar-refractivity contribution in [3.8, 4) is 0 Å². The van der Waals surface area contributed by atoms with Crippen molar-refractivity contribution in [2.75, 3.05) is 7.11 Å². The lowest BCUT2D eigenvalue weighted by molar-refractivity contribution is 0.413. The molecule has 1 N–H and O–H groups in total. The maximum Gasteiger partial charge on any atom is 0.247 e. The fourth-order valence-electron chi connectivity index (χ4n) is 0.637. The van der Waals surface area contributed by atoms with Crippen LogP contribution in [0.2, 0.25) is 0 Å². The van der Waals surface area contributed by atoms with Crippen LogP contribution in [-0.2, 0) is 4.74 Å². The Labute approximate surface area is 70.1 Å². The highest BCUT2D eigenvalue weighted by atomic mass is 32.2. The summed E-state index contributed by atoms with van der Waals surface area (Å²) < 4.78 is 4.70. The van der Waals surface area contributed by atoms with Crippen LogP contribution in [0.25, 0.3) is 0 Å². The first-order valence-electron chi connectivity index (χ1n) is 3.18. The van der Waals surface area contributed by atoms with Gasteiger partial charge in [0.2, 0.25) is 5.23 Å². The van der Waals surface area contributed by atoms with E-state index in [0.717, 1.165) is 4.90 Å². The highest BCUT2D eigenvalue weighted by Gasteiger charge is 1.96. The van der Waals surface area contributed by atoms with Crippen molar-refractivity contribution < 1.29 is 4.74 Å². The summed E-state index contributed by atoms with van der Waals surface area (Å²) in [6, 6.07) is 9.70. The minimum atomic E-state index is 0.219. The molecule has 0 fully saturated rings. The van der Waals surface area contributed by atoms with Crippen molar-refractivity contribution in [3.05, 3.63) is 30.3 Å². The van der Waals surface area contributed by atoms with Crippen molar-refractivity contribution in [3.63, 3.8) is 0 Å². The average Bonchev–Trinajstić information content (AvgIpc) is 2.06. The van der Waals surface area contributed by atoms with Crippen LogP contribution in [0, 0.1) is 5.41 Å². The molecule has 0 amide bonds. The molecule has 3 heteroatoms. The Hall–Kier alpha value is -0.960. The summed E-state index contributed by atoms with van der Waals surface area (Å²) in [7, 11) is 1.50. The van der Waals surface area contributed by atoms with Gasteiger partial charge in [0, 0.05) is 4.90 Å². The normalized spacial score (nSPS) is 9.18. The summed E-state index contributed by atoms with van der Waals surface area (Å²) in [5, 5.41) is 7.43. The third kappa shape index (κ3) is 2.63. The predicted octanol–water partition coefficient (Wildman–Crippen LogP) is 2.36. The molecule has 1 aromatic carbocycles. The van der Waals surface area contributed by atoms with Gasteiger partial charge in [-0.25, -0.2) is 0 Å². The van der Waals surface area contributed by atoms with Gasteiger partial charge in [0.1, 0.15) is 0 Å². The maximum atomic E-state index is 7.22. The number of methoxy groups -OCH3 is 1. The van der Waals surface area contributed by atoms with E-state index in [1.54, 1.807) is 0 Å². The number of benzene rings is 1. The molecule has 1 aromatic rings. The molecule has 58 valence electrons. The van der Waals surface area contributed by atoms with E-state index in [-0.39, 0.29) is 5.23 Å². The smallest absolute Gasteiger partial charge is 0.247 e. The van der Waals surface area contributed by atoms with Gasteiger partial charge >= 0.3 is 0 Å². The summed E-state index contributed by atoms with van der Waals surface area (Å²) >= 11 is 1.30. The summed E-state index contributed by atoms with van der Waals surface area (Å²) in [6.07, 6.45) is 0. The fraction of sp³-hybridized carbons (Fsp3) is 0.125. The quantitative estimate of drug-likeness (QED) is 0.395. The Morgan fingerprint density at radius 2 is 2.00 bits per heavy atom. The molecule has 2 nitrogen and oxygen atoms in total. The molecule has 11 heavy (non-hydrogen) atoms. The number of nitrogens with one attached hydrogen (secondary N) is 1. The van der Waals surface area contributed by atoms with Gasteiger partial charge in [-0.3, -0.25) is 5.41 Å². The highest BCUT2D eigenvalue weighted by Crippen LogP contribution is 2.17. The van der Waals surface area contributed by atoms with Gasteiger partial charge < -0.3 is 4.74 Å². The summed E-state index contributed by atoms with van der Waals surface area (Å²) in [4.78, 5) is 1.03. The second-order valence-corrected chi connectivity index (χ2v) is 2.95. The van der Waals surface area contributed by atoms with Crippen LogP contribution < -0.4 is 0 Å². The van der Waals surface area contributed by atoms with E-state index in [1.165, 1.54) is 18.9 Å². The SMILES string of the molecule is COC(=N)Sc1ccccc1. The van der Waals surface area contributed by atoms with Gasteiger partial charge in [-0.15, -0.1) is 0 Å². The van der Waals surface area contributed by atoms with Gasteiger partial charge in [-0.1, -0.05) is 18.2 Å². The molecule has 0 unspecified atom stereocenters. The fourth-order valence-corrected chi connectivity index (χ4v) is 1.23. The standard InChI is InChI=1S/C8H9NOS/c1-10-8(9)11-7-5-3-2-4-6-7/h2-6,9H,1H3. The lowest BCUT2D eigenvalue weighted by Gasteiger charge is -1.99. The Balaban J connectivity index is 2.58. The van der Waals surface area contributed by atoms with Gasteiger partial charge in [-0.05, 0) is 23.9 Å². The molecule has 0 aliphatic heterocycles. The van der Waals surface area contributed by atoms with Gasteiger partial charge in [0.05, 0.1) is 7.11 Å². The lowest BCUT2D eigenvalue weighted by Crippen LogP contribution is -1.90. The minimum Gasteiger partial charge on any atom is -0.476 e. The maximum absolute atomic E-state index is 7.22. The zero-order chi connectivity index (χ0) is 8.10. The third-order valence-electron chi connectivity index (χ3n) is 1.14. The lowest BCUT2D eigenvalue weighted by atomic mass is 10.4. The van der Waals surface area contributed by atoms with Crippen molar-refractivity contribution in [2.45, 2.75) is 4.90 Å². The van der Waals surface area contributed by atoms with E-state index in [0.29, 0.717) is 0 Å². The number of rotatable bonds is 1. The number of hydrogen-bond donors (Lipinski definition) is 1.